The average Bonchev–Trinajstić information content (AvgIpc) is 2.26. The van der Waals surface area contributed by atoms with Crippen molar-refractivity contribution in [1.82, 2.24) is 0 Å². The predicted octanol–water partition coefficient (Wildman–Crippen LogP) is 2.98. The number of hydrogen-bond donors (Lipinski definition) is 2. The SMILES string of the molecule is CC(=N\O)/C(C)=N/Nc1ccccc1Cl. The summed E-state index contributed by atoms with van der Waals surface area (Å²) in [5.74, 6) is 0. The molecule has 1 aromatic rings. The lowest BCUT2D eigenvalue weighted by molar-refractivity contribution is 0.320. The van der Waals surface area contributed by atoms with E-state index in [1.54, 1.807) is 19.9 Å². The first-order valence-electron chi connectivity index (χ1n) is 4.39. The molecule has 0 saturated carbocycles. The molecule has 0 bridgehead atoms. The van der Waals surface area contributed by atoms with Crippen molar-refractivity contribution in [1.29, 1.82) is 0 Å². The molecule has 0 aliphatic heterocycles. The lowest BCUT2D eigenvalue weighted by Gasteiger charge is -2.03. The number of oxime groups is 1. The van der Waals surface area contributed by atoms with Gasteiger partial charge in [-0.3, -0.25) is 5.43 Å². The van der Waals surface area contributed by atoms with Gasteiger partial charge in [-0.15, -0.1) is 0 Å². The third kappa shape index (κ3) is 3.25. The maximum Gasteiger partial charge on any atom is 0.0993 e. The van der Waals surface area contributed by atoms with Crippen LogP contribution < -0.4 is 5.43 Å². The molecule has 5 heteroatoms. The van der Waals surface area contributed by atoms with E-state index in [-0.39, 0.29) is 0 Å². The summed E-state index contributed by atoms with van der Waals surface area (Å²) < 4.78 is 0. The minimum atomic E-state index is 0.453. The van der Waals surface area contributed by atoms with Crippen LogP contribution in [0.25, 0.3) is 0 Å². The number of halogens is 1. The van der Waals surface area contributed by atoms with E-state index >= 15 is 0 Å². The topological polar surface area (TPSA) is 57.0 Å². The molecule has 0 aromatic heterocycles. The number of anilines is 1. The molecule has 1 aromatic carbocycles. The molecular weight excluding hydrogens is 214 g/mol. The summed E-state index contributed by atoms with van der Waals surface area (Å²) in [6.07, 6.45) is 0. The molecule has 80 valence electrons. The first-order chi connectivity index (χ1) is 7.15. The van der Waals surface area contributed by atoms with Crippen molar-refractivity contribution < 1.29 is 5.21 Å². The van der Waals surface area contributed by atoms with E-state index in [1.165, 1.54) is 0 Å². The Labute approximate surface area is 93.3 Å². The Bertz CT molecular complexity index is 401. The molecule has 0 spiro atoms. The molecule has 0 fully saturated rings. The van der Waals surface area contributed by atoms with Crippen LogP contribution in [0.15, 0.2) is 34.5 Å². The van der Waals surface area contributed by atoms with Crippen molar-refractivity contribution in [2.75, 3.05) is 5.43 Å². The highest BCUT2D eigenvalue weighted by Crippen LogP contribution is 2.20. The summed E-state index contributed by atoms with van der Waals surface area (Å²) in [7, 11) is 0. The number of nitrogens with one attached hydrogen (secondary N) is 1. The highest BCUT2D eigenvalue weighted by molar-refractivity contribution is 6.40. The molecule has 2 N–H and O–H groups in total. The van der Waals surface area contributed by atoms with Crippen LogP contribution in [0.2, 0.25) is 5.02 Å². The van der Waals surface area contributed by atoms with Crippen LogP contribution in [0.3, 0.4) is 0 Å². The van der Waals surface area contributed by atoms with Crippen molar-refractivity contribution in [3.05, 3.63) is 29.3 Å². The first kappa shape index (κ1) is 11.5. The Kier molecular flexibility index (Phi) is 4.12. The van der Waals surface area contributed by atoms with Gasteiger partial charge in [-0.05, 0) is 26.0 Å². The van der Waals surface area contributed by atoms with Gasteiger partial charge in [0.15, 0.2) is 0 Å². The standard InChI is InChI=1S/C10H12ClN3O/c1-7(8(2)14-15)12-13-10-6-4-3-5-9(10)11/h3-6,13,15H,1-2H3/b12-7+,14-8+. The zero-order valence-corrected chi connectivity index (χ0v) is 9.28. The van der Waals surface area contributed by atoms with Gasteiger partial charge in [0.1, 0.15) is 0 Å². The molecular formula is C10H12ClN3O. The summed E-state index contributed by atoms with van der Waals surface area (Å²) in [5.41, 5.74) is 4.55. The monoisotopic (exact) mass is 225 g/mol. The summed E-state index contributed by atoms with van der Waals surface area (Å²) in [6.45, 7) is 3.39. The largest absolute Gasteiger partial charge is 0.411 e. The fraction of sp³-hybridized carbons (Fsp3) is 0.200. The predicted molar refractivity (Wildman–Crippen MR) is 63.1 cm³/mol. The van der Waals surface area contributed by atoms with Gasteiger partial charge in [0.25, 0.3) is 0 Å². The summed E-state index contributed by atoms with van der Waals surface area (Å²) in [5, 5.41) is 16.2. The zero-order chi connectivity index (χ0) is 11.3. The number of rotatable bonds is 3. The van der Waals surface area contributed by atoms with Crippen molar-refractivity contribution in [2.24, 2.45) is 10.3 Å². The van der Waals surface area contributed by atoms with Gasteiger partial charge in [-0.25, -0.2) is 0 Å². The van der Waals surface area contributed by atoms with E-state index in [1.807, 2.05) is 18.2 Å². The van der Waals surface area contributed by atoms with Crippen molar-refractivity contribution in [3.63, 3.8) is 0 Å². The minimum absolute atomic E-state index is 0.453. The number of benzene rings is 1. The fourth-order valence-corrected chi connectivity index (χ4v) is 1.03. The van der Waals surface area contributed by atoms with Crippen LogP contribution in [0.4, 0.5) is 5.69 Å². The molecule has 0 aliphatic rings. The van der Waals surface area contributed by atoms with Gasteiger partial charge >= 0.3 is 0 Å². The molecule has 0 aliphatic carbocycles. The average molecular weight is 226 g/mol. The molecule has 0 heterocycles. The van der Waals surface area contributed by atoms with Gasteiger partial charge in [0.05, 0.1) is 22.1 Å². The van der Waals surface area contributed by atoms with Crippen LogP contribution in [-0.2, 0) is 0 Å². The number of para-hydroxylation sites is 1. The number of hydrazone groups is 1. The van der Waals surface area contributed by atoms with Crippen LogP contribution >= 0.6 is 11.6 Å². The van der Waals surface area contributed by atoms with Crippen molar-refractivity contribution in [2.45, 2.75) is 13.8 Å². The molecule has 4 nitrogen and oxygen atoms in total. The Morgan fingerprint density at radius 1 is 1.27 bits per heavy atom. The van der Waals surface area contributed by atoms with Gasteiger partial charge < -0.3 is 5.21 Å². The van der Waals surface area contributed by atoms with Gasteiger partial charge in [0, 0.05) is 0 Å². The van der Waals surface area contributed by atoms with Gasteiger partial charge in [-0.1, -0.05) is 28.9 Å². The maximum atomic E-state index is 8.51. The number of hydrogen-bond acceptors (Lipinski definition) is 4. The van der Waals surface area contributed by atoms with E-state index in [2.05, 4.69) is 15.7 Å². The quantitative estimate of drug-likeness (QED) is 0.472. The van der Waals surface area contributed by atoms with Crippen molar-refractivity contribution in [3.8, 4) is 0 Å². The Morgan fingerprint density at radius 3 is 2.53 bits per heavy atom. The summed E-state index contributed by atoms with van der Waals surface area (Å²) in [6, 6.07) is 7.27. The van der Waals surface area contributed by atoms with Crippen LogP contribution in [0, 0.1) is 0 Å². The normalized spacial score (nSPS) is 12.7. The van der Waals surface area contributed by atoms with Crippen LogP contribution in [0.1, 0.15) is 13.8 Å². The van der Waals surface area contributed by atoms with Crippen LogP contribution in [0.5, 0.6) is 0 Å². The Balaban J connectivity index is 2.77. The second-order valence-electron chi connectivity index (χ2n) is 2.97. The summed E-state index contributed by atoms with van der Waals surface area (Å²) in [4.78, 5) is 0. The first-order valence-corrected chi connectivity index (χ1v) is 4.77. The molecule has 0 saturated heterocycles. The third-order valence-corrected chi connectivity index (χ3v) is 2.22. The highest BCUT2D eigenvalue weighted by atomic mass is 35.5. The fourth-order valence-electron chi connectivity index (χ4n) is 0.849. The van der Waals surface area contributed by atoms with Gasteiger partial charge in [0.2, 0.25) is 0 Å². The van der Waals surface area contributed by atoms with E-state index in [0.717, 1.165) is 0 Å². The lowest BCUT2D eigenvalue weighted by atomic mass is 10.3. The second-order valence-corrected chi connectivity index (χ2v) is 3.38. The zero-order valence-electron chi connectivity index (χ0n) is 8.53. The Morgan fingerprint density at radius 2 is 1.93 bits per heavy atom. The highest BCUT2D eigenvalue weighted by Gasteiger charge is 1.99. The number of nitrogens with zero attached hydrogens (tertiary/aromatic N) is 2. The van der Waals surface area contributed by atoms with Crippen molar-refractivity contribution >= 4 is 28.7 Å². The molecule has 1 rings (SSSR count). The molecule has 0 unspecified atom stereocenters. The molecule has 15 heavy (non-hydrogen) atoms. The summed E-state index contributed by atoms with van der Waals surface area (Å²) >= 11 is 5.91. The molecule has 0 atom stereocenters. The maximum absolute atomic E-state index is 8.51. The van der Waals surface area contributed by atoms with Gasteiger partial charge in [-0.2, -0.15) is 5.10 Å². The molecule has 0 radical (unpaired) electrons. The lowest BCUT2D eigenvalue weighted by Crippen LogP contribution is -2.08. The van der Waals surface area contributed by atoms with E-state index in [4.69, 9.17) is 16.8 Å². The smallest absolute Gasteiger partial charge is 0.0993 e. The second kappa shape index (κ2) is 5.36. The third-order valence-electron chi connectivity index (χ3n) is 1.89. The van der Waals surface area contributed by atoms with Crippen LogP contribution in [-0.4, -0.2) is 16.6 Å². The van der Waals surface area contributed by atoms with E-state index in [0.29, 0.717) is 22.1 Å². The Hall–Kier alpha value is -1.55. The molecule has 0 amide bonds. The van der Waals surface area contributed by atoms with E-state index < -0.39 is 0 Å². The minimum Gasteiger partial charge on any atom is -0.411 e. The van der Waals surface area contributed by atoms with E-state index in [9.17, 15) is 0 Å².